The predicted molar refractivity (Wildman–Crippen MR) is 123 cm³/mol. The molecule has 1 aromatic heterocycles. The minimum Gasteiger partial charge on any atom is -0.384 e. The number of aromatic amines is 1. The zero-order valence-corrected chi connectivity index (χ0v) is 18.3. The standard InChI is InChI=1S/C25H26FN5O2/c26-20-12-18(19-4-1-16-7-9-27-21(16)13-19)5-6-22(20)31-23(28-29-25(31)33)11-15-8-10-30(14-15)24(32)17-2-3-17/h1,4-6,12-13,15,17,27H,2-3,7-11,14H2,(H,29,33)/t15-/m0/s1. The summed E-state index contributed by atoms with van der Waals surface area (Å²) in [4.78, 5) is 26.8. The maximum atomic E-state index is 15.2. The van der Waals surface area contributed by atoms with Gasteiger partial charge >= 0.3 is 5.69 Å². The van der Waals surface area contributed by atoms with E-state index < -0.39 is 11.5 Å². The van der Waals surface area contributed by atoms with Crippen molar-refractivity contribution >= 4 is 11.6 Å². The Labute approximate surface area is 190 Å². The van der Waals surface area contributed by atoms with Crippen LogP contribution in [-0.4, -0.2) is 45.2 Å². The second kappa shape index (κ2) is 7.86. The number of fused-ring (bicyclic) bond motifs is 1. The number of halogens is 1. The Bertz CT molecular complexity index is 1290. The van der Waals surface area contributed by atoms with E-state index in [0.717, 1.165) is 55.6 Å². The fourth-order valence-corrected chi connectivity index (χ4v) is 5.10. The van der Waals surface area contributed by atoms with Crippen LogP contribution in [-0.2, 0) is 17.6 Å². The number of likely N-dealkylation sites (tertiary alicyclic amines) is 1. The van der Waals surface area contributed by atoms with E-state index in [-0.39, 0.29) is 23.4 Å². The van der Waals surface area contributed by atoms with E-state index in [1.807, 2.05) is 23.1 Å². The summed E-state index contributed by atoms with van der Waals surface area (Å²) in [5.41, 5.74) is 3.79. The molecule has 1 aliphatic carbocycles. The molecule has 6 rings (SSSR count). The summed E-state index contributed by atoms with van der Waals surface area (Å²) < 4.78 is 16.6. The topological polar surface area (TPSA) is 83.0 Å². The summed E-state index contributed by atoms with van der Waals surface area (Å²) in [7, 11) is 0. The lowest BCUT2D eigenvalue weighted by Gasteiger charge is -2.16. The van der Waals surface area contributed by atoms with Gasteiger partial charge in [0.15, 0.2) is 0 Å². The van der Waals surface area contributed by atoms with Gasteiger partial charge in [-0.2, -0.15) is 5.10 Å². The molecule has 0 unspecified atom stereocenters. The molecule has 1 amide bonds. The number of aromatic nitrogens is 3. The van der Waals surface area contributed by atoms with E-state index in [2.05, 4.69) is 21.6 Å². The minimum atomic E-state index is -0.470. The van der Waals surface area contributed by atoms with Crippen LogP contribution < -0.4 is 11.0 Å². The van der Waals surface area contributed by atoms with Crippen LogP contribution in [0.1, 0.15) is 30.7 Å². The molecule has 2 aromatic carbocycles. The number of carbonyl (C=O) groups excluding carboxylic acids is 1. The largest absolute Gasteiger partial charge is 0.384 e. The number of hydrogen-bond acceptors (Lipinski definition) is 4. The van der Waals surface area contributed by atoms with Gasteiger partial charge < -0.3 is 10.2 Å². The van der Waals surface area contributed by atoms with Gasteiger partial charge in [-0.15, -0.1) is 0 Å². The first-order chi connectivity index (χ1) is 16.1. The summed E-state index contributed by atoms with van der Waals surface area (Å²) in [5, 5.41) is 10.0. The van der Waals surface area contributed by atoms with Crippen LogP contribution in [0.5, 0.6) is 0 Å². The highest BCUT2D eigenvalue weighted by Crippen LogP contribution is 2.34. The third-order valence-corrected chi connectivity index (χ3v) is 7.08. The van der Waals surface area contributed by atoms with Crippen molar-refractivity contribution in [2.45, 2.75) is 32.1 Å². The normalized spacial score (nSPS) is 19.5. The summed E-state index contributed by atoms with van der Waals surface area (Å²) >= 11 is 0. The molecule has 0 bridgehead atoms. The molecular formula is C25H26FN5O2. The van der Waals surface area contributed by atoms with Crippen molar-refractivity contribution in [1.82, 2.24) is 19.7 Å². The molecule has 2 fully saturated rings. The number of rotatable bonds is 5. The number of hydrogen-bond donors (Lipinski definition) is 2. The van der Waals surface area contributed by atoms with Crippen LogP contribution >= 0.6 is 0 Å². The van der Waals surface area contributed by atoms with Gasteiger partial charge in [0.2, 0.25) is 5.91 Å². The predicted octanol–water partition coefficient (Wildman–Crippen LogP) is 3.14. The number of nitrogens with one attached hydrogen (secondary N) is 2. The molecule has 7 nitrogen and oxygen atoms in total. The van der Waals surface area contributed by atoms with Crippen molar-refractivity contribution in [3.63, 3.8) is 0 Å². The SMILES string of the molecule is O=C(C1CC1)N1CC[C@@H](Cc2n[nH]c(=O)n2-c2ccc(-c3ccc4c(c3)NCC4)cc2F)C1. The van der Waals surface area contributed by atoms with Crippen LogP contribution in [0.25, 0.3) is 16.8 Å². The monoisotopic (exact) mass is 447 g/mol. The molecular weight excluding hydrogens is 421 g/mol. The lowest BCUT2D eigenvalue weighted by atomic mass is 10.0. The molecule has 0 spiro atoms. The fourth-order valence-electron chi connectivity index (χ4n) is 5.10. The Balaban J connectivity index is 1.24. The van der Waals surface area contributed by atoms with Gasteiger partial charge in [-0.05, 0) is 66.5 Å². The number of carbonyl (C=O) groups is 1. The second-order valence-corrected chi connectivity index (χ2v) is 9.41. The Morgan fingerprint density at radius 2 is 1.94 bits per heavy atom. The first-order valence-corrected chi connectivity index (χ1v) is 11.7. The van der Waals surface area contributed by atoms with Gasteiger partial charge in [0.1, 0.15) is 11.6 Å². The lowest BCUT2D eigenvalue weighted by molar-refractivity contribution is -0.131. The minimum absolute atomic E-state index is 0.190. The van der Waals surface area contributed by atoms with Crippen LogP contribution in [0, 0.1) is 17.7 Å². The maximum Gasteiger partial charge on any atom is 0.348 e. The van der Waals surface area contributed by atoms with E-state index in [4.69, 9.17) is 0 Å². The van der Waals surface area contributed by atoms with E-state index in [9.17, 15) is 9.59 Å². The van der Waals surface area contributed by atoms with E-state index in [1.165, 1.54) is 16.2 Å². The number of anilines is 1. The fraction of sp³-hybridized carbons (Fsp3) is 0.400. The highest BCUT2D eigenvalue weighted by atomic mass is 19.1. The second-order valence-electron chi connectivity index (χ2n) is 9.41. The van der Waals surface area contributed by atoms with Crippen LogP contribution in [0.2, 0.25) is 0 Å². The third-order valence-electron chi connectivity index (χ3n) is 7.08. The summed E-state index contributed by atoms with van der Waals surface area (Å²) in [6.45, 7) is 2.34. The Morgan fingerprint density at radius 1 is 1.12 bits per heavy atom. The molecule has 1 saturated heterocycles. The number of benzene rings is 2. The smallest absolute Gasteiger partial charge is 0.348 e. The third kappa shape index (κ3) is 3.73. The average Bonchev–Trinajstić information content (AvgIpc) is 3.21. The lowest BCUT2D eigenvalue weighted by Crippen LogP contribution is -2.30. The molecule has 33 heavy (non-hydrogen) atoms. The molecule has 1 saturated carbocycles. The molecule has 1 atom stereocenters. The zero-order valence-electron chi connectivity index (χ0n) is 18.3. The van der Waals surface area contributed by atoms with E-state index in [0.29, 0.717) is 18.8 Å². The molecule has 2 N–H and O–H groups in total. The van der Waals surface area contributed by atoms with Crippen molar-refractivity contribution in [2.24, 2.45) is 11.8 Å². The van der Waals surface area contributed by atoms with Gasteiger partial charge in [0.25, 0.3) is 0 Å². The number of amides is 1. The molecule has 3 aromatic rings. The molecule has 3 heterocycles. The van der Waals surface area contributed by atoms with Crippen LogP contribution in [0.4, 0.5) is 10.1 Å². The maximum absolute atomic E-state index is 15.2. The Kier molecular flexibility index (Phi) is 4.81. The number of H-pyrrole nitrogens is 1. The Hall–Kier alpha value is -3.42. The highest BCUT2D eigenvalue weighted by Gasteiger charge is 2.37. The van der Waals surface area contributed by atoms with E-state index >= 15 is 4.39 Å². The van der Waals surface area contributed by atoms with Gasteiger partial charge in [-0.25, -0.2) is 18.9 Å². The molecule has 8 heteroatoms. The molecule has 2 aliphatic heterocycles. The summed E-state index contributed by atoms with van der Waals surface area (Å²) in [6, 6.07) is 11.1. The average molecular weight is 448 g/mol. The van der Waals surface area contributed by atoms with E-state index in [1.54, 1.807) is 6.07 Å². The summed E-state index contributed by atoms with van der Waals surface area (Å²) in [5.74, 6) is 0.700. The van der Waals surface area contributed by atoms with Crippen molar-refractivity contribution in [3.8, 4) is 16.8 Å². The summed E-state index contributed by atoms with van der Waals surface area (Å²) in [6.07, 6.45) is 4.38. The zero-order chi connectivity index (χ0) is 22.5. The van der Waals surface area contributed by atoms with Crippen molar-refractivity contribution in [2.75, 3.05) is 25.0 Å². The quantitative estimate of drug-likeness (QED) is 0.630. The highest BCUT2D eigenvalue weighted by molar-refractivity contribution is 5.81. The Morgan fingerprint density at radius 3 is 2.76 bits per heavy atom. The molecule has 3 aliphatic rings. The molecule has 0 radical (unpaired) electrons. The first-order valence-electron chi connectivity index (χ1n) is 11.7. The van der Waals surface area contributed by atoms with Crippen LogP contribution in [0.15, 0.2) is 41.2 Å². The van der Waals surface area contributed by atoms with Gasteiger partial charge in [-0.3, -0.25) is 4.79 Å². The number of nitrogens with zero attached hydrogens (tertiary/aromatic N) is 3. The van der Waals surface area contributed by atoms with Crippen LogP contribution in [0.3, 0.4) is 0 Å². The van der Waals surface area contributed by atoms with Crippen molar-refractivity contribution < 1.29 is 9.18 Å². The van der Waals surface area contributed by atoms with Gasteiger partial charge in [0, 0.05) is 37.7 Å². The molecule has 170 valence electrons. The van der Waals surface area contributed by atoms with Gasteiger partial charge in [-0.1, -0.05) is 18.2 Å². The first kappa shape index (κ1) is 20.2. The van der Waals surface area contributed by atoms with Gasteiger partial charge in [0.05, 0.1) is 5.69 Å². The van der Waals surface area contributed by atoms with Crippen molar-refractivity contribution in [3.05, 3.63) is 64.1 Å². The van der Waals surface area contributed by atoms with Crippen molar-refractivity contribution in [1.29, 1.82) is 0 Å².